The molecule has 0 aromatic heterocycles. The molecule has 1 saturated heterocycles. The third-order valence-electron chi connectivity index (χ3n) is 5.38. The van der Waals surface area contributed by atoms with Crippen molar-refractivity contribution < 1.29 is 14.4 Å². The largest absolute Gasteiger partial charge is 0.352 e. The van der Waals surface area contributed by atoms with E-state index in [1.54, 1.807) is 6.92 Å². The van der Waals surface area contributed by atoms with Crippen molar-refractivity contribution in [3.63, 3.8) is 0 Å². The third-order valence-corrected chi connectivity index (χ3v) is 5.38. The van der Waals surface area contributed by atoms with Gasteiger partial charge in [0.2, 0.25) is 5.91 Å². The Balaban J connectivity index is 1.74. The molecule has 1 fully saturated rings. The van der Waals surface area contributed by atoms with Crippen molar-refractivity contribution in [1.82, 2.24) is 15.5 Å². The molecule has 1 aliphatic carbocycles. The molecule has 0 spiro atoms. The van der Waals surface area contributed by atoms with E-state index < -0.39 is 11.6 Å². The van der Waals surface area contributed by atoms with E-state index in [0.717, 1.165) is 42.6 Å². The van der Waals surface area contributed by atoms with Gasteiger partial charge in [-0.15, -0.1) is 0 Å². The number of carbonyl (C=O) groups is 3. The van der Waals surface area contributed by atoms with Crippen LogP contribution in [-0.2, 0) is 28.0 Å². The number of benzene rings is 1. The fourth-order valence-electron chi connectivity index (χ4n) is 3.89. The van der Waals surface area contributed by atoms with E-state index >= 15 is 0 Å². The molecule has 26 heavy (non-hydrogen) atoms. The van der Waals surface area contributed by atoms with Gasteiger partial charge in [0, 0.05) is 6.04 Å². The Labute approximate surface area is 154 Å². The molecule has 3 rings (SSSR count). The molecular weight excluding hydrogens is 330 g/mol. The Morgan fingerprint density at radius 2 is 2.04 bits per heavy atom. The number of nitrogens with zero attached hydrogens (tertiary/aromatic N) is 1. The van der Waals surface area contributed by atoms with E-state index in [2.05, 4.69) is 10.6 Å². The van der Waals surface area contributed by atoms with E-state index in [0.29, 0.717) is 0 Å². The SMILES string of the molecule is CCC[C@H](C)NC(=O)CN1C(=O)N[C@@](C)(c2ccc3c(c2)CCC3)C1=O. The van der Waals surface area contributed by atoms with Gasteiger partial charge in [-0.1, -0.05) is 31.5 Å². The molecule has 6 nitrogen and oxygen atoms in total. The van der Waals surface area contributed by atoms with Crippen LogP contribution in [0, 0.1) is 0 Å². The maximum absolute atomic E-state index is 12.9. The highest BCUT2D eigenvalue weighted by Gasteiger charge is 2.49. The van der Waals surface area contributed by atoms with Gasteiger partial charge in [-0.25, -0.2) is 4.79 Å². The van der Waals surface area contributed by atoms with Crippen molar-refractivity contribution >= 4 is 17.8 Å². The van der Waals surface area contributed by atoms with Gasteiger partial charge in [-0.2, -0.15) is 0 Å². The number of hydrogen-bond acceptors (Lipinski definition) is 3. The van der Waals surface area contributed by atoms with Crippen molar-refractivity contribution in [2.75, 3.05) is 6.54 Å². The summed E-state index contributed by atoms with van der Waals surface area (Å²) in [5, 5.41) is 5.62. The van der Waals surface area contributed by atoms with Crippen LogP contribution < -0.4 is 10.6 Å². The molecule has 1 heterocycles. The molecule has 1 aromatic carbocycles. The average molecular weight is 357 g/mol. The molecule has 0 bridgehead atoms. The number of carbonyl (C=O) groups excluding carboxylic acids is 3. The van der Waals surface area contributed by atoms with Crippen LogP contribution in [0.3, 0.4) is 0 Å². The second kappa shape index (κ2) is 7.09. The highest BCUT2D eigenvalue weighted by atomic mass is 16.2. The zero-order valence-electron chi connectivity index (χ0n) is 15.7. The van der Waals surface area contributed by atoms with Gasteiger partial charge in [-0.05, 0) is 56.2 Å². The Kier molecular flexibility index (Phi) is 5.03. The summed E-state index contributed by atoms with van der Waals surface area (Å²) in [4.78, 5) is 38.5. The van der Waals surface area contributed by atoms with E-state index in [1.807, 2.05) is 32.0 Å². The molecule has 6 heteroatoms. The fraction of sp³-hybridized carbons (Fsp3) is 0.550. The Hall–Kier alpha value is -2.37. The highest BCUT2D eigenvalue weighted by Crippen LogP contribution is 2.32. The lowest BCUT2D eigenvalue weighted by Gasteiger charge is -2.23. The Morgan fingerprint density at radius 3 is 2.77 bits per heavy atom. The Bertz CT molecular complexity index is 746. The number of imide groups is 1. The topological polar surface area (TPSA) is 78.5 Å². The monoisotopic (exact) mass is 357 g/mol. The van der Waals surface area contributed by atoms with E-state index in [4.69, 9.17) is 0 Å². The number of nitrogens with one attached hydrogen (secondary N) is 2. The summed E-state index contributed by atoms with van der Waals surface area (Å²) >= 11 is 0. The van der Waals surface area contributed by atoms with Crippen LogP contribution in [0.1, 0.15) is 56.7 Å². The lowest BCUT2D eigenvalue weighted by molar-refractivity contribution is -0.135. The van der Waals surface area contributed by atoms with Crippen molar-refractivity contribution in [3.8, 4) is 0 Å². The predicted molar refractivity (Wildman–Crippen MR) is 98.6 cm³/mol. The van der Waals surface area contributed by atoms with E-state index in [9.17, 15) is 14.4 Å². The molecule has 0 radical (unpaired) electrons. The minimum Gasteiger partial charge on any atom is -0.352 e. The minimum atomic E-state index is -1.12. The fourth-order valence-corrected chi connectivity index (χ4v) is 3.89. The molecule has 4 amide bonds. The van der Waals surface area contributed by atoms with Crippen LogP contribution in [0.2, 0.25) is 0 Å². The van der Waals surface area contributed by atoms with Gasteiger partial charge in [0.05, 0.1) is 0 Å². The van der Waals surface area contributed by atoms with Crippen molar-refractivity contribution in [1.29, 1.82) is 0 Å². The van der Waals surface area contributed by atoms with Crippen LogP contribution in [0.4, 0.5) is 4.79 Å². The van der Waals surface area contributed by atoms with Crippen molar-refractivity contribution in [3.05, 3.63) is 34.9 Å². The summed E-state index contributed by atoms with van der Waals surface area (Å²) in [7, 11) is 0. The van der Waals surface area contributed by atoms with Crippen LogP contribution in [0.5, 0.6) is 0 Å². The summed E-state index contributed by atoms with van der Waals surface area (Å²) in [6.45, 7) is 5.42. The average Bonchev–Trinajstić information content (AvgIpc) is 3.13. The molecular formula is C20H27N3O3. The second-order valence-corrected chi connectivity index (χ2v) is 7.54. The second-order valence-electron chi connectivity index (χ2n) is 7.54. The van der Waals surface area contributed by atoms with Gasteiger partial charge < -0.3 is 10.6 Å². The van der Waals surface area contributed by atoms with Crippen LogP contribution >= 0.6 is 0 Å². The van der Waals surface area contributed by atoms with E-state index in [1.165, 1.54) is 11.1 Å². The summed E-state index contributed by atoms with van der Waals surface area (Å²) < 4.78 is 0. The number of urea groups is 1. The highest BCUT2D eigenvalue weighted by molar-refractivity contribution is 6.09. The molecule has 1 aromatic rings. The lowest BCUT2D eigenvalue weighted by Crippen LogP contribution is -2.45. The van der Waals surface area contributed by atoms with Gasteiger partial charge in [0.1, 0.15) is 12.1 Å². The van der Waals surface area contributed by atoms with E-state index in [-0.39, 0.29) is 24.4 Å². The summed E-state index contributed by atoms with van der Waals surface area (Å²) in [5.41, 5.74) is 2.22. The number of amides is 4. The summed E-state index contributed by atoms with van der Waals surface area (Å²) in [5.74, 6) is -0.689. The first-order chi connectivity index (χ1) is 12.3. The van der Waals surface area contributed by atoms with Crippen molar-refractivity contribution in [2.45, 2.75) is 64.5 Å². The molecule has 1 aliphatic heterocycles. The zero-order chi connectivity index (χ0) is 18.9. The predicted octanol–water partition coefficient (Wildman–Crippen LogP) is 2.25. The maximum Gasteiger partial charge on any atom is 0.325 e. The number of fused-ring (bicyclic) bond motifs is 1. The number of hydrogen-bond donors (Lipinski definition) is 2. The summed E-state index contributed by atoms with van der Waals surface area (Å²) in [6.07, 6.45) is 5.01. The maximum atomic E-state index is 12.9. The minimum absolute atomic E-state index is 0.0244. The molecule has 2 aliphatic rings. The quantitative estimate of drug-likeness (QED) is 0.767. The van der Waals surface area contributed by atoms with Gasteiger partial charge in [0.15, 0.2) is 0 Å². The van der Waals surface area contributed by atoms with Gasteiger partial charge in [-0.3, -0.25) is 14.5 Å². The first kappa shape index (κ1) is 18.4. The molecule has 2 atom stereocenters. The molecule has 2 N–H and O–H groups in total. The number of aryl methyl sites for hydroxylation is 2. The smallest absolute Gasteiger partial charge is 0.325 e. The van der Waals surface area contributed by atoms with Gasteiger partial charge >= 0.3 is 6.03 Å². The number of rotatable bonds is 6. The lowest BCUT2D eigenvalue weighted by atomic mass is 9.89. The zero-order valence-corrected chi connectivity index (χ0v) is 15.7. The van der Waals surface area contributed by atoms with Crippen molar-refractivity contribution in [2.24, 2.45) is 0 Å². The van der Waals surface area contributed by atoms with Crippen LogP contribution in [0.25, 0.3) is 0 Å². The standard InChI is InChI=1S/C20H27N3O3/c1-4-6-13(2)21-17(24)12-23-18(25)20(3,22-19(23)26)16-10-9-14-7-5-8-15(14)11-16/h9-11,13H,4-8,12H2,1-3H3,(H,21,24)(H,22,26)/t13-,20-/m0/s1. The van der Waals surface area contributed by atoms with Crippen LogP contribution in [-0.4, -0.2) is 35.3 Å². The summed E-state index contributed by atoms with van der Waals surface area (Å²) in [6, 6.07) is 5.49. The first-order valence-electron chi connectivity index (χ1n) is 9.41. The molecule has 0 unspecified atom stereocenters. The third kappa shape index (κ3) is 3.32. The first-order valence-corrected chi connectivity index (χ1v) is 9.41. The van der Waals surface area contributed by atoms with Crippen LogP contribution in [0.15, 0.2) is 18.2 Å². The normalized spacial score (nSPS) is 23.0. The Morgan fingerprint density at radius 1 is 1.31 bits per heavy atom. The molecule has 140 valence electrons. The van der Waals surface area contributed by atoms with Gasteiger partial charge in [0.25, 0.3) is 5.91 Å². The molecule has 0 saturated carbocycles.